The Balaban J connectivity index is 1.54. The van der Waals surface area contributed by atoms with E-state index in [2.05, 4.69) is 46.2 Å². The number of hydrazone groups is 1. The summed E-state index contributed by atoms with van der Waals surface area (Å²) in [6.45, 7) is 3.66. The van der Waals surface area contributed by atoms with Crippen molar-refractivity contribution in [2.75, 3.05) is 5.32 Å². The second-order valence-electron chi connectivity index (χ2n) is 7.65. The summed E-state index contributed by atoms with van der Waals surface area (Å²) in [4.78, 5) is 24.3. The number of amides is 2. The third-order valence-electron chi connectivity index (χ3n) is 5.11. The molecule has 5 nitrogen and oxygen atoms in total. The maximum atomic E-state index is 12.5. The van der Waals surface area contributed by atoms with Crippen LogP contribution >= 0.6 is 0 Å². The Kier molecular flexibility index (Phi) is 5.76. The van der Waals surface area contributed by atoms with Gasteiger partial charge < -0.3 is 5.32 Å². The zero-order valence-electron chi connectivity index (χ0n) is 17.4. The first-order valence-corrected chi connectivity index (χ1v) is 10.2. The SMILES string of the molecule is CC(C)C(=O)Nc1ccc(C(=O)NN=Cc2c3ccccc3cc3ccccc23)cc1. The highest BCUT2D eigenvalue weighted by molar-refractivity contribution is 6.13. The molecule has 0 aromatic heterocycles. The molecule has 4 aromatic carbocycles. The number of hydrogen-bond donors (Lipinski definition) is 2. The molecule has 0 aliphatic rings. The first-order chi connectivity index (χ1) is 15.0. The molecule has 2 N–H and O–H groups in total. The lowest BCUT2D eigenvalue weighted by Crippen LogP contribution is -2.19. The molecule has 0 unspecified atom stereocenters. The average molecular weight is 409 g/mol. The second-order valence-corrected chi connectivity index (χ2v) is 7.65. The molecule has 0 saturated carbocycles. The topological polar surface area (TPSA) is 70.6 Å². The van der Waals surface area contributed by atoms with Crippen LogP contribution in [0.1, 0.15) is 29.8 Å². The molecule has 0 radical (unpaired) electrons. The van der Waals surface area contributed by atoms with E-state index in [1.807, 2.05) is 38.1 Å². The molecule has 5 heteroatoms. The van der Waals surface area contributed by atoms with Crippen LogP contribution in [0.5, 0.6) is 0 Å². The normalized spacial score (nSPS) is 11.3. The van der Waals surface area contributed by atoms with Gasteiger partial charge in [0.05, 0.1) is 6.21 Å². The van der Waals surface area contributed by atoms with Crippen molar-refractivity contribution in [3.8, 4) is 0 Å². The molecule has 0 aliphatic carbocycles. The van der Waals surface area contributed by atoms with Gasteiger partial charge in [-0.15, -0.1) is 0 Å². The number of nitrogens with one attached hydrogen (secondary N) is 2. The fourth-order valence-electron chi connectivity index (χ4n) is 3.40. The number of nitrogens with zero attached hydrogens (tertiary/aromatic N) is 1. The van der Waals surface area contributed by atoms with Crippen LogP contribution in [0.15, 0.2) is 84.0 Å². The molecule has 0 heterocycles. The van der Waals surface area contributed by atoms with E-state index < -0.39 is 0 Å². The van der Waals surface area contributed by atoms with E-state index in [4.69, 9.17) is 0 Å². The smallest absolute Gasteiger partial charge is 0.271 e. The van der Waals surface area contributed by atoms with Gasteiger partial charge in [-0.2, -0.15) is 5.10 Å². The summed E-state index contributed by atoms with van der Waals surface area (Å²) in [6, 6.07) is 25.1. The van der Waals surface area contributed by atoms with Crippen molar-refractivity contribution in [2.24, 2.45) is 11.0 Å². The Hall–Kier alpha value is -3.99. The minimum atomic E-state index is -0.317. The Morgan fingerprint density at radius 3 is 2.00 bits per heavy atom. The molecule has 0 aliphatic heterocycles. The van der Waals surface area contributed by atoms with Crippen LogP contribution in [-0.2, 0) is 4.79 Å². The minimum absolute atomic E-state index is 0.0656. The van der Waals surface area contributed by atoms with E-state index in [0.29, 0.717) is 11.3 Å². The van der Waals surface area contributed by atoms with Gasteiger partial charge in [-0.25, -0.2) is 5.43 Å². The Morgan fingerprint density at radius 2 is 1.42 bits per heavy atom. The lowest BCUT2D eigenvalue weighted by Gasteiger charge is -2.09. The second kappa shape index (κ2) is 8.79. The van der Waals surface area contributed by atoms with Gasteiger partial charge >= 0.3 is 0 Å². The summed E-state index contributed by atoms with van der Waals surface area (Å²) >= 11 is 0. The monoisotopic (exact) mass is 409 g/mol. The molecular weight excluding hydrogens is 386 g/mol. The van der Waals surface area contributed by atoms with Crippen LogP contribution in [0.25, 0.3) is 21.5 Å². The molecule has 31 heavy (non-hydrogen) atoms. The van der Waals surface area contributed by atoms with Crippen molar-refractivity contribution in [3.05, 3.63) is 90.0 Å². The van der Waals surface area contributed by atoms with Crippen molar-refractivity contribution in [1.29, 1.82) is 0 Å². The van der Waals surface area contributed by atoms with Crippen LogP contribution in [-0.4, -0.2) is 18.0 Å². The average Bonchev–Trinajstić information content (AvgIpc) is 2.79. The summed E-state index contributed by atoms with van der Waals surface area (Å²) in [5.41, 5.74) is 4.67. The van der Waals surface area contributed by atoms with Gasteiger partial charge in [-0.3, -0.25) is 9.59 Å². The molecule has 0 atom stereocenters. The predicted octanol–water partition coefficient (Wildman–Crippen LogP) is 5.35. The van der Waals surface area contributed by atoms with Crippen LogP contribution in [0.3, 0.4) is 0 Å². The van der Waals surface area contributed by atoms with Gasteiger partial charge in [0.15, 0.2) is 0 Å². The minimum Gasteiger partial charge on any atom is -0.326 e. The first-order valence-electron chi connectivity index (χ1n) is 10.2. The van der Waals surface area contributed by atoms with E-state index in [1.54, 1.807) is 30.5 Å². The predicted molar refractivity (Wildman–Crippen MR) is 126 cm³/mol. The lowest BCUT2D eigenvalue weighted by molar-refractivity contribution is -0.118. The number of carbonyl (C=O) groups is 2. The molecule has 4 rings (SSSR count). The fourth-order valence-corrected chi connectivity index (χ4v) is 3.40. The maximum absolute atomic E-state index is 12.5. The van der Waals surface area contributed by atoms with E-state index in [0.717, 1.165) is 27.1 Å². The van der Waals surface area contributed by atoms with Crippen molar-refractivity contribution in [1.82, 2.24) is 5.43 Å². The van der Waals surface area contributed by atoms with Gasteiger partial charge in [-0.1, -0.05) is 62.4 Å². The highest BCUT2D eigenvalue weighted by Crippen LogP contribution is 2.27. The van der Waals surface area contributed by atoms with Crippen LogP contribution in [0.2, 0.25) is 0 Å². The molecule has 0 saturated heterocycles. The van der Waals surface area contributed by atoms with Crippen molar-refractivity contribution in [2.45, 2.75) is 13.8 Å². The Bertz CT molecular complexity index is 1240. The summed E-state index contributed by atoms with van der Waals surface area (Å²) in [6.07, 6.45) is 1.69. The van der Waals surface area contributed by atoms with Crippen LogP contribution < -0.4 is 10.7 Å². The molecule has 0 fully saturated rings. The van der Waals surface area contributed by atoms with Crippen LogP contribution in [0.4, 0.5) is 5.69 Å². The van der Waals surface area contributed by atoms with Crippen molar-refractivity contribution < 1.29 is 9.59 Å². The third-order valence-corrected chi connectivity index (χ3v) is 5.11. The van der Waals surface area contributed by atoms with E-state index in [-0.39, 0.29) is 17.7 Å². The third kappa shape index (κ3) is 4.46. The number of anilines is 1. The van der Waals surface area contributed by atoms with E-state index in [1.165, 1.54) is 0 Å². The van der Waals surface area contributed by atoms with Crippen molar-refractivity contribution >= 4 is 45.3 Å². The number of rotatable bonds is 5. The summed E-state index contributed by atoms with van der Waals surface area (Å²) < 4.78 is 0. The number of fused-ring (bicyclic) bond motifs is 2. The van der Waals surface area contributed by atoms with E-state index >= 15 is 0 Å². The quantitative estimate of drug-likeness (QED) is 0.265. The Morgan fingerprint density at radius 1 is 0.839 bits per heavy atom. The summed E-state index contributed by atoms with van der Waals surface area (Å²) in [7, 11) is 0. The fraction of sp³-hybridized carbons (Fsp3) is 0.115. The highest BCUT2D eigenvalue weighted by atomic mass is 16.2. The number of hydrogen-bond acceptors (Lipinski definition) is 3. The van der Waals surface area contributed by atoms with Gasteiger partial charge in [0.1, 0.15) is 0 Å². The van der Waals surface area contributed by atoms with Gasteiger partial charge in [0.2, 0.25) is 5.91 Å². The maximum Gasteiger partial charge on any atom is 0.271 e. The van der Waals surface area contributed by atoms with E-state index in [9.17, 15) is 9.59 Å². The molecule has 154 valence electrons. The largest absolute Gasteiger partial charge is 0.326 e. The molecule has 4 aromatic rings. The zero-order chi connectivity index (χ0) is 21.8. The zero-order valence-corrected chi connectivity index (χ0v) is 17.4. The van der Waals surface area contributed by atoms with Gasteiger partial charge in [0, 0.05) is 22.7 Å². The van der Waals surface area contributed by atoms with Gasteiger partial charge in [-0.05, 0) is 51.9 Å². The standard InChI is InChI=1S/C26H23N3O2/c1-17(2)25(30)28-21-13-11-18(12-14-21)26(31)29-27-16-24-22-9-5-3-7-19(22)15-20-8-4-6-10-23(20)24/h3-17H,1-2H3,(H,28,30)(H,29,31). The van der Waals surface area contributed by atoms with Crippen LogP contribution in [0, 0.1) is 5.92 Å². The molecule has 2 amide bonds. The summed E-state index contributed by atoms with van der Waals surface area (Å²) in [5.74, 6) is -0.492. The number of carbonyl (C=O) groups excluding carboxylic acids is 2. The molecule has 0 spiro atoms. The molecular formula is C26H23N3O2. The Labute approximate surface area is 180 Å². The first kappa shape index (κ1) is 20.3. The summed E-state index contributed by atoms with van der Waals surface area (Å²) in [5, 5.41) is 11.4. The highest BCUT2D eigenvalue weighted by Gasteiger charge is 2.09. The lowest BCUT2D eigenvalue weighted by atomic mass is 9.97. The van der Waals surface area contributed by atoms with Gasteiger partial charge in [0.25, 0.3) is 5.91 Å². The number of benzene rings is 4. The van der Waals surface area contributed by atoms with Crippen molar-refractivity contribution in [3.63, 3.8) is 0 Å². The molecule has 0 bridgehead atoms.